The first kappa shape index (κ1) is 23.3. The molecule has 1 atom stereocenters. The van der Waals surface area contributed by atoms with Gasteiger partial charge in [0.2, 0.25) is 5.91 Å². The Kier molecular flexibility index (Phi) is 9.98. The third kappa shape index (κ3) is 5.86. The van der Waals surface area contributed by atoms with E-state index in [1.165, 1.54) is 18.4 Å². The molecule has 0 spiro atoms. The molecule has 1 aromatic heterocycles. The molecule has 7 heteroatoms. The fraction of sp³-hybridized carbons (Fsp3) is 0.789. The highest BCUT2D eigenvalue weighted by atomic mass is 35.5. The molecule has 5 nitrogen and oxygen atoms in total. The molecule has 1 N–H and O–H groups in total. The van der Waals surface area contributed by atoms with Gasteiger partial charge in [-0.25, -0.2) is 0 Å². The summed E-state index contributed by atoms with van der Waals surface area (Å²) in [5.41, 5.74) is 1.34. The molecule has 2 fully saturated rings. The first-order chi connectivity index (χ1) is 11.7. The molecule has 1 amide bonds. The van der Waals surface area contributed by atoms with Gasteiger partial charge >= 0.3 is 0 Å². The zero-order chi connectivity index (χ0) is 16.9. The van der Waals surface area contributed by atoms with E-state index in [0.717, 1.165) is 52.0 Å². The second-order valence-electron chi connectivity index (χ2n) is 7.55. The Balaban J connectivity index is 0.00000169. The Morgan fingerprint density at radius 2 is 1.88 bits per heavy atom. The third-order valence-corrected chi connectivity index (χ3v) is 5.98. The van der Waals surface area contributed by atoms with Crippen LogP contribution in [0.5, 0.6) is 0 Å². The SMILES string of the molecule is CCn1cc(C2CCN(C(=O)CC(C)C3CCNCC3)CC2)cn1.Cl.Cl. The molecular weight excluding hydrogens is 371 g/mol. The first-order valence-electron chi connectivity index (χ1n) is 9.68. The number of likely N-dealkylation sites (tertiary alicyclic amines) is 1. The summed E-state index contributed by atoms with van der Waals surface area (Å²) >= 11 is 0. The van der Waals surface area contributed by atoms with E-state index in [1.54, 1.807) is 0 Å². The van der Waals surface area contributed by atoms with Crippen LogP contribution in [0.4, 0.5) is 0 Å². The van der Waals surface area contributed by atoms with Gasteiger partial charge in [0.05, 0.1) is 6.20 Å². The molecule has 3 rings (SSSR count). The largest absolute Gasteiger partial charge is 0.343 e. The maximum Gasteiger partial charge on any atom is 0.222 e. The summed E-state index contributed by atoms with van der Waals surface area (Å²) in [6.45, 7) is 9.33. The normalized spacial score (nSPS) is 20.2. The Labute approximate surface area is 170 Å². The van der Waals surface area contributed by atoms with Crippen molar-refractivity contribution in [2.45, 2.75) is 58.4 Å². The number of rotatable bonds is 5. The van der Waals surface area contributed by atoms with Gasteiger partial charge in [0, 0.05) is 32.3 Å². The molecule has 1 unspecified atom stereocenters. The summed E-state index contributed by atoms with van der Waals surface area (Å²) in [6.07, 6.45) is 9.48. The van der Waals surface area contributed by atoms with E-state index in [4.69, 9.17) is 0 Å². The minimum absolute atomic E-state index is 0. The lowest BCUT2D eigenvalue weighted by molar-refractivity contribution is -0.133. The predicted octanol–water partition coefficient (Wildman–Crippen LogP) is 3.48. The highest BCUT2D eigenvalue weighted by Crippen LogP contribution is 2.29. The lowest BCUT2D eigenvalue weighted by Crippen LogP contribution is -2.39. The Hall–Kier alpha value is -0.780. The Bertz CT molecular complexity index is 537. The van der Waals surface area contributed by atoms with Crippen molar-refractivity contribution in [2.24, 2.45) is 11.8 Å². The highest BCUT2D eigenvalue weighted by molar-refractivity contribution is 5.85. The second kappa shape index (κ2) is 11.2. The molecule has 2 aliphatic rings. The Morgan fingerprint density at radius 1 is 1.23 bits per heavy atom. The van der Waals surface area contributed by atoms with Gasteiger partial charge in [0.15, 0.2) is 0 Å². The van der Waals surface area contributed by atoms with Crippen molar-refractivity contribution in [1.82, 2.24) is 20.0 Å². The third-order valence-electron chi connectivity index (χ3n) is 5.98. The zero-order valence-electron chi connectivity index (χ0n) is 16.0. The van der Waals surface area contributed by atoms with Crippen LogP contribution in [0.25, 0.3) is 0 Å². The van der Waals surface area contributed by atoms with Crippen molar-refractivity contribution in [3.63, 3.8) is 0 Å². The topological polar surface area (TPSA) is 50.2 Å². The van der Waals surface area contributed by atoms with Gasteiger partial charge in [-0.1, -0.05) is 6.92 Å². The monoisotopic (exact) mass is 404 g/mol. The molecule has 0 saturated carbocycles. The van der Waals surface area contributed by atoms with Crippen molar-refractivity contribution in [1.29, 1.82) is 0 Å². The van der Waals surface area contributed by atoms with Crippen molar-refractivity contribution < 1.29 is 4.79 Å². The van der Waals surface area contributed by atoms with Gasteiger partial charge in [0.1, 0.15) is 0 Å². The van der Waals surface area contributed by atoms with Crippen LogP contribution >= 0.6 is 24.8 Å². The average Bonchev–Trinajstić information content (AvgIpc) is 3.11. The number of carbonyl (C=O) groups excluding carboxylic acids is 1. The van der Waals surface area contributed by atoms with Crippen LogP contribution in [0.3, 0.4) is 0 Å². The smallest absolute Gasteiger partial charge is 0.222 e. The van der Waals surface area contributed by atoms with E-state index in [2.05, 4.69) is 35.4 Å². The van der Waals surface area contributed by atoms with Gasteiger partial charge in [-0.3, -0.25) is 9.48 Å². The molecule has 0 aliphatic carbocycles. The van der Waals surface area contributed by atoms with E-state index in [-0.39, 0.29) is 24.8 Å². The van der Waals surface area contributed by atoms with Crippen molar-refractivity contribution >= 4 is 30.7 Å². The predicted molar refractivity (Wildman–Crippen MR) is 110 cm³/mol. The van der Waals surface area contributed by atoms with E-state index in [0.29, 0.717) is 23.7 Å². The minimum Gasteiger partial charge on any atom is -0.343 e. The van der Waals surface area contributed by atoms with Gasteiger partial charge in [0.25, 0.3) is 0 Å². The second-order valence-corrected chi connectivity index (χ2v) is 7.55. The van der Waals surface area contributed by atoms with Crippen molar-refractivity contribution in [2.75, 3.05) is 26.2 Å². The number of aromatic nitrogens is 2. The molecule has 2 saturated heterocycles. The van der Waals surface area contributed by atoms with Crippen LogP contribution in [0, 0.1) is 11.8 Å². The number of piperidine rings is 2. The van der Waals surface area contributed by atoms with Gasteiger partial charge in [-0.05, 0) is 69.0 Å². The van der Waals surface area contributed by atoms with Crippen LogP contribution in [0.2, 0.25) is 0 Å². The fourth-order valence-electron chi connectivity index (χ4n) is 4.21. The highest BCUT2D eigenvalue weighted by Gasteiger charge is 2.27. The molecule has 26 heavy (non-hydrogen) atoms. The molecule has 2 aliphatic heterocycles. The summed E-state index contributed by atoms with van der Waals surface area (Å²) in [6, 6.07) is 0. The summed E-state index contributed by atoms with van der Waals surface area (Å²) < 4.78 is 1.99. The number of amides is 1. The maximum absolute atomic E-state index is 12.6. The number of aryl methyl sites for hydroxylation is 1. The quantitative estimate of drug-likeness (QED) is 0.816. The number of nitrogens with one attached hydrogen (secondary N) is 1. The molecule has 0 bridgehead atoms. The number of hydrogen-bond donors (Lipinski definition) is 1. The summed E-state index contributed by atoms with van der Waals surface area (Å²) in [5, 5.41) is 7.80. The van der Waals surface area contributed by atoms with Crippen molar-refractivity contribution in [3.8, 4) is 0 Å². The number of nitrogens with zero attached hydrogens (tertiary/aromatic N) is 3. The van der Waals surface area contributed by atoms with Crippen LogP contribution in [-0.2, 0) is 11.3 Å². The van der Waals surface area contributed by atoms with E-state index >= 15 is 0 Å². The minimum atomic E-state index is 0. The number of carbonyl (C=O) groups is 1. The number of hydrogen-bond acceptors (Lipinski definition) is 3. The maximum atomic E-state index is 12.6. The van der Waals surface area contributed by atoms with Crippen LogP contribution in [-0.4, -0.2) is 46.8 Å². The molecule has 150 valence electrons. The van der Waals surface area contributed by atoms with Gasteiger partial charge in [-0.2, -0.15) is 5.10 Å². The molecule has 0 radical (unpaired) electrons. The standard InChI is InChI=1S/C19H32N4O.2ClH/c1-3-23-14-18(13-21-23)17-6-10-22(11-7-17)19(24)12-15(2)16-4-8-20-9-5-16;;/h13-17,20H,3-12H2,1-2H3;2*1H. The van der Waals surface area contributed by atoms with E-state index in [9.17, 15) is 4.79 Å². The van der Waals surface area contributed by atoms with Gasteiger partial charge in [-0.15, -0.1) is 24.8 Å². The molecule has 0 aromatic carbocycles. The molecule has 1 aromatic rings. The fourth-order valence-corrected chi connectivity index (χ4v) is 4.21. The zero-order valence-corrected chi connectivity index (χ0v) is 17.7. The van der Waals surface area contributed by atoms with E-state index < -0.39 is 0 Å². The van der Waals surface area contributed by atoms with Crippen LogP contribution in [0.1, 0.15) is 57.4 Å². The van der Waals surface area contributed by atoms with Crippen molar-refractivity contribution in [3.05, 3.63) is 18.0 Å². The van der Waals surface area contributed by atoms with Crippen LogP contribution in [0.15, 0.2) is 12.4 Å². The average molecular weight is 405 g/mol. The first-order valence-corrected chi connectivity index (χ1v) is 9.68. The summed E-state index contributed by atoms with van der Waals surface area (Å²) in [7, 11) is 0. The number of halogens is 2. The van der Waals surface area contributed by atoms with E-state index in [1.807, 2.05) is 10.9 Å². The lowest BCUT2D eigenvalue weighted by atomic mass is 9.83. The lowest BCUT2D eigenvalue weighted by Gasteiger charge is -2.34. The molecule has 3 heterocycles. The van der Waals surface area contributed by atoms with Gasteiger partial charge < -0.3 is 10.2 Å². The summed E-state index contributed by atoms with van der Waals surface area (Å²) in [5.74, 6) is 2.16. The molecular formula is C19H34Cl2N4O. The summed E-state index contributed by atoms with van der Waals surface area (Å²) in [4.78, 5) is 14.7. The Morgan fingerprint density at radius 3 is 2.46 bits per heavy atom. The van der Waals surface area contributed by atoms with Crippen LogP contribution < -0.4 is 5.32 Å².